The fraction of sp³-hybridized carbons (Fsp3) is 1.00. The summed E-state index contributed by atoms with van der Waals surface area (Å²) in [6.07, 6.45) is 1.70. The van der Waals surface area contributed by atoms with Crippen molar-refractivity contribution in [3.63, 3.8) is 0 Å². The molecule has 86 valence electrons. The van der Waals surface area contributed by atoms with Gasteiger partial charge in [0.15, 0.2) is 0 Å². The van der Waals surface area contributed by atoms with Gasteiger partial charge in [-0.3, -0.25) is 0 Å². The first-order valence-corrected chi connectivity index (χ1v) is 5.50. The molecule has 3 nitrogen and oxygen atoms in total. The lowest BCUT2D eigenvalue weighted by Crippen LogP contribution is -2.23. The minimum absolute atomic E-state index is 0.379. The average molecular weight is 204 g/mol. The van der Waals surface area contributed by atoms with E-state index in [1.165, 1.54) is 0 Å². The van der Waals surface area contributed by atoms with Crippen molar-refractivity contribution in [3.05, 3.63) is 0 Å². The Balaban J connectivity index is 3.15. The topological polar surface area (TPSA) is 38.7 Å². The molecule has 0 aromatic carbocycles. The smallest absolute Gasteiger partial charge is 0.101 e. The first-order chi connectivity index (χ1) is 6.66. The lowest BCUT2D eigenvalue weighted by Gasteiger charge is -2.12. The SMILES string of the molecule is CCCCOCC(O)COCC(C)C. The fourth-order valence-electron chi connectivity index (χ4n) is 0.954. The Hall–Kier alpha value is -0.120. The molecule has 0 heterocycles. The standard InChI is InChI=1S/C11H24O3/c1-4-5-6-13-8-11(12)9-14-7-10(2)3/h10-12H,4-9H2,1-3H3. The molecular formula is C11H24O3. The van der Waals surface area contributed by atoms with Crippen molar-refractivity contribution in [2.75, 3.05) is 26.4 Å². The third kappa shape index (κ3) is 9.96. The summed E-state index contributed by atoms with van der Waals surface area (Å²) >= 11 is 0. The molecular weight excluding hydrogens is 180 g/mol. The van der Waals surface area contributed by atoms with Gasteiger partial charge in [0.1, 0.15) is 6.10 Å². The largest absolute Gasteiger partial charge is 0.388 e. The third-order valence-corrected chi connectivity index (χ3v) is 1.71. The molecule has 0 amide bonds. The molecule has 0 fully saturated rings. The molecule has 0 aliphatic rings. The number of unbranched alkanes of at least 4 members (excludes halogenated alkanes) is 1. The molecule has 0 rings (SSSR count). The van der Waals surface area contributed by atoms with Crippen LogP contribution in [0.25, 0.3) is 0 Å². The Morgan fingerprint density at radius 3 is 2.29 bits per heavy atom. The highest BCUT2D eigenvalue weighted by atomic mass is 16.5. The maximum Gasteiger partial charge on any atom is 0.101 e. The van der Waals surface area contributed by atoms with E-state index in [2.05, 4.69) is 20.8 Å². The molecule has 1 atom stereocenters. The normalized spacial score (nSPS) is 13.5. The van der Waals surface area contributed by atoms with Crippen LogP contribution in [-0.2, 0) is 9.47 Å². The Morgan fingerprint density at radius 2 is 1.71 bits per heavy atom. The van der Waals surface area contributed by atoms with E-state index >= 15 is 0 Å². The van der Waals surface area contributed by atoms with Crippen molar-refractivity contribution in [1.29, 1.82) is 0 Å². The summed E-state index contributed by atoms with van der Waals surface area (Å²) in [5.41, 5.74) is 0. The number of rotatable bonds is 9. The summed E-state index contributed by atoms with van der Waals surface area (Å²) in [7, 11) is 0. The van der Waals surface area contributed by atoms with Crippen LogP contribution in [0.15, 0.2) is 0 Å². The zero-order valence-corrected chi connectivity index (χ0v) is 9.66. The molecule has 0 bridgehead atoms. The Bertz CT molecular complexity index is 115. The van der Waals surface area contributed by atoms with Gasteiger partial charge in [0, 0.05) is 13.2 Å². The molecule has 0 spiro atoms. The highest BCUT2D eigenvalue weighted by Crippen LogP contribution is 1.95. The maximum absolute atomic E-state index is 9.41. The Kier molecular flexibility index (Phi) is 9.35. The van der Waals surface area contributed by atoms with Crippen LogP contribution < -0.4 is 0 Å². The predicted molar refractivity (Wildman–Crippen MR) is 57.4 cm³/mol. The van der Waals surface area contributed by atoms with Crippen LogP contribution in [0.5, 0.6) is 0 Å². The first-order valence-electron chi connectivity index (χ1n) is 5.50. The second-order valence-electron chi connectivity index (χ2n) is 4.01. The van der Waals surface area contributed by atoms with Gasteiger partial charge in [-0.1, -0.05) is 27.2 Å². The van der Waals surface area contributed by atoms with Crippen molar-refractivity contribution < 1.29 is 14.6 Å². The number of aliphatic hydroxyl groups is 1. The van der Waals surface area contributed by atoms with Crippen LogP contribution in [0.3, 0.4) is 0 Å². The molecule has 0 aliphatic carbocycles. The van der Waals surface area contributed by atoms with Crippen LogP contribution in [0, 0.1) is 5.92 Å². The lowest BCUT2D eigenvalue weighted by molar-refractivity contribution is -0.0243. The van der Waals surface area contributed by atoms with E-state index in [-0.39, 0.29) is 0 Å². The minimum Gasteiger partial charge on any atom is -0.388 e. The third-order valence-electron chi connectivity index (χ3n) is 1.71. The van der Waals surface area contributed by atoms with Gasteiger partial charge in [-0.25, -0.2) is 0 Å². The summed E-state index contributed by atoms with van der Waals surface area (Å²) in [6.45, 7) is 8.49. The zero-order chi connectivity index (χ0) is 10.8. The molecule has 3 heteroatoms. The van der Waals surface area contributed by atoms with E-state index in [1.807, 2.05) is 0 Å². The van der Waals surface area contributed by atoms with Gasteiger partial charge in [0.05, 0.1) is 13.2 Å². The van der Waals surface area contributed by atoms with Gasteiger partial charge in [0.2, 0.25) is 0 Å². The van der Waals surface area contributed by atoms with Gasteiger partial charge in [-0.2, -0.15) is 0 Å². The van der Waals surface area contributed by atoms with Gasteiger partial charge in [0.25, 0.3) is 0 Å². The second-order valence-corrected chi connectivity index (χ2v) is 4.01. The van der Waals surface area contributed by atoms with E-state index in [0.29, 0.717) is 25.7 Å². The Labute approximate surface area is 87.4 Å². The van der Waals surface area contributed by atoms with Gasteiger partial charge in [-0.15, -0.1) is 0 Å². The van der Waals surface area contributed by atoms with Crippen LogP contribution >= 0.6 is 0 Å². The maximum atomic E-state index is 9.41. The average Bonchev–Trinajstić information content (AvgIpc) is 2.12. The molecule has 0 aromatic heterocycles. The summed E-state index contributed by atoms with van der Waals surface area (Å²) in [6, 6.07) is 0. The summed E-state index contributed by atoms with van der Waals surface area (Å²) < 4.78 is 10.5. The number of ether oxygens (including phenoxy) is 2. The highest BCUT2D eigenvalue weighted by Gasteiger charge is 2.04. The van der Waals surface area contributed by atoms with E-state index in [4.69, 9.17) is 9.47 Å². The summed E-state index contributed by atoms with van der Waals surface area (Å²) in [5.74, 6) is 0.517. The molecule has 0 saturated heterocycles. The van der Waals surface area contributed by atoms with Gasteiger partial charge >= 0.3 is 0 Å². The molecule has 0 aromatic rings. The number of hydrogen-bond donors (Lipinski definition) is 1. The molecule has 0 radical (unpaired) electrons. The molecule has 1 N–H and O–H groups in total. The van der Waals surface area contributed by atoms with Crippen molar-refractivity contribution in [3.8, 4) is 0 Å². The second kappa shape index (κ2) is 9.44. The predicted octanol–water partition coefficient (Wildman–Crippen LogP) is 1.84. The highest BCUT2D eigenvalue weighted by molar-refractivity contribution is 4.52. The summed E-state index contributed by atoms with van der Waals surface area (Å²) in [4.78, 5) is 0. The molecule has 0 aliphatic heterocycles. The first kappa shape index (κ1) is 13.9. The number of hydrogen-bond acceptors (Lipinski definition) is 3. The van der Waals surface area contributed by atoms with E-state index in [1.54, 1.807) is 0 Å². The fourth-order valence-corrected chi connectivity index (χ4v) is 0.954. The molecule has 1 unspecified atom stereocenters. The molecule has 14 heavy (non-hydrogen) atoms. The van der Waals surface area contributed by atoms with E-state index in [0.717, 1.165) is 19.4 Å². The lowest BCUT2D eigenvalue weighted by atomic mass is 10.2. The Morgan fingerprint density at radius 1 is 1.07 bits per heavy atom. The van der Waals surface area contributed by atoms with Crippen molar-refractivity contribution in [1.82, 2.24) is 0 Å². The van der Waals surface area contributed by atoms with Crippen molar-refractivity contribution >= 4 is 0 Å². The van der Waals surface area contributed by atoms with E-state index in [9.17, 15) is 5.11 Å². The monoisotopic (exact) mass is 204 g/mol. The van der Waals surface area contributed by atoms with Crippen molar-refractivity contribution in [2.24, 2.45) is 5.92 Å². The minimum atomic E-state index is -0.481. The zero-order valence-electron chi connectivity index (χ0n) is 9.66. The van der Waals surface area contributed by atoms with Crippen LogP contribution in [-0.4, -0.2) is 37.6 Å². The van der Waals surface area contributed by atoms with Crippen LogP contribution in [0.2, 0.25) is 0 Å². The van der Waals surface area contributed by atoms with Crippen molar-refractivity contribution in [2.45, 2.75) is 39.7 Å². The van der Waals surface area contributed by atoms with Crippen LogP contribution in [0.1, 0.15) is 33.6 Å². The molecule has 0 saturated carbocycles. The van der Waals surface area contributed by atoms with Gasteiger partial charge in [-0.05, 0) is 12.3 Å². The summed E-state index contributed by atoms with van der Waals surface area (Å²) in [5, 5.41) is 9.41. The quantitative estimate of drug-likeness (QED) is 0.582. The van der Waals surface area contributed by atoms with Crippen LogP contribution in [0.4, 0.5) is 0 Å². The van der Waals surface area contributed by atoms with Gasteiger partial charge < -0.3 is 14.6 Å². The van der Waals surface area contributed by atoms with E-state index < -0.39 is 6.10 Å². The number of aliphatic hydroxyl groups excluding tert-OH is 1.